The second-order valence-electron chi connectivity index (χ2n) is 4.83. The van der Waals surface area contributed by atoms with E-state index in [9.17, 15) is 9.59 Å². The zero-order valence-corrected chi connectivity index (χ0v) is 10.5. The van der Waals surface area contributed by atoms with Crippen LogP contribution < -0.4 is 5.56 Å². The van der Waals surface area contributed by atoms with Crippen LogP contribution in [-0.2, 0) is 0 Å². The van der Waals surface area contributed by atoms with Crippen LogP contribution in [0.2, 0.25) is 0 Å². The lowest BCUT2D eigenvalue weighted by Gasteiger charge is -2.31. The maximum absolute atomic E-state index is 11.9. The topological polar surface area (TPSA) is 72.2 Å². The Morgan fingerprint density at radius 2 is 2.17 bits per heavy atom. The number of aromatic nitrogens is 2. The molecule has 2 unspecified atom stereocenters. The third kappa shape index (κ3) is 2.44. The smallest absolute Gasteiger partial charge is 0.356 e. The first-order valence-electron chi connectivity index (χ1n) is 6.46. The van der Waals surface area contributed by atoms with Crippen molar-refractivity contribution in [3.05, 3.63) is 28.2 Å². The molecule has 0 aromatic carbocycles. The highest BCUT2D eigenvalue weighted by Crippen LogP contribution is 2.34. The number of carboxylic acid groups (broad SMARTS) is 1. The molecule has 1 heterocycles. The summed E-state index contributed by atoms with van der Waals surface area (Å²) in [6.45, 7) is 2.11. The summed E-state index contributed by atoms with van der Waals surface area (Å²) < 4.78 is 1.39. The Balaban J connectivity index is 2.38. The van der Waals surface area contributed by atoms with Crippen molar-refractivity contribution in [2.24, 2.45) is 5.92 Å². The lowest BCUT2D eigenvalue weighted by molar-refractivity contribution is 0.0685. The molecule has 0 aliphatic heterocycles. The quantitative estimate of drug-likeness (QED) is 0.891. The van der Waals surface area contributed by atoms with Gasteiger partial charge in [-0.1, -0.05) is 26.2 Å². The average Bonchev–Trinajstić information content (AvgIpc) is 2.39. The summed E-state index contributed by atoms with van der Waals surface area (Å²) in [6, 6.07) is 2.62. The normalized spacial score (nSPS) is 23.8. The van der Waals surface area contributed by atoms with E-state index < -0.39 is 5.97 Å². The monoisotopic (exact) mass is 250 g/mol. The molecule has 18 heavy (non-hydrogen) atoms. The largest absolute Gasteiger partial charge is 0.476 e. The van der Waals surface area contributed by atoms with E-state index in [1.165, 1.54) is 23.2 Å². The van der Waals surface area contributed by atoms with E-state index in [0.717, 1.165) is 25.7 Å². The van der Waals surface area contributed by atoms with Gasteiger partial charge in [0.15, 0.2) is 5.69 Å². The summed E-state index contributed by atoms with van der Waals surface area (Å²) in [6.07, 6.45) is 5.26. The van der Waals surface area contributed by atoms with Crippen molar-refractivity contribution in [2.75, 3.05) is 0 Å². The fourth-order valence-corrected chi connectivity index (χ4v) is 2.76. The van der Waals surface area contributed by atoms with Crippen LogP contribution in [0.3, 0.4) is 0 Å². The standard InChI is InChI=1S/C13H18N2O3/c1-2-9-5-3-4-6-11(9)15-12(16)8-7-10(14-15)13(17)18/h7-9,11H,2-6H2,1H3,(H,17,18). The predicted molar refractivity (Wildman–Crippen MR) is 66.7 cm³/mol. The first kappa shape index (κ1) is 12.8. The molecule has 1 aliphatic carbocycles. The number of nitrogens with zero attached hydrogens (tertiary/aromatic N) is 2. The van der Waals surface area contributed by atoms with Crippen molar-refractivity contribution in [3.8, 4) is 0 Å². The molecule has 1 aromatic heterocycles. The molecule has 1 aliphatic rings. The summed E-state index contributed by atoms with van der Waals surface area (Å²) in [7, 11) is 0. The number of aromatic carboxylic acids is 1. The van der Waals surface area contributed by atoms with Gasteiger partial charge in [0.2, 0.25) is 0 Å². The summed E-state index contributed by atoms with van der Waals surface area (Å²) in [5.74, 6) is -0.666. The molecule has 1 fully saturated rings. The van der Waals surface area contributed by atoms with Crippen LogP contribution >= 0.6 is 0 Å². The van der Waals surface area contributed by atoms with Crippen LogP contribution in [0.4, 0.5) is 0 Å². The molecule has 2 rings (SSSR count). The van der Waals surface area contributed by atoms with Crippen molar-refractivity contribution in [1.29, 1.82) is 0 Å². The Bertz CT molecular complexity index is 495. The van der Waals surface area contributed by atoms with E-state index in [0.29, 0.717) is 5.92 Å². The molecule has 5 heteroatoms. The maximum Gasteiger partial charge on any atom is 0.356 e. The molecule has 0 bridgehead atoms. The number of carbonyl (C=O) groups is 1. The van der Waals surface area contributed by atoms with Crippen LogP contribution in [0, 0.1) is 5.92 Å². The fourth-order valence-electron chi connectivity index (χ4n) is 2.76. The Kier molecular flexibility index (Phi) is 3.79. The van der Waals surface area contributed by atoms with Crippen molar-refractivity contribution in [2.45, 2.75) is 45.1 Å². The second-order valence-corrected chi connectivity index (χ2v) is 4.83. The van der Waals surface area contributed by atoms with Crippen LogP contribution in [0.5, 0.6) is 0 Å². The predicted octanol–water partition coefficient (Wildman–Crippen LogP) is 2.08. The lowest BCUT2D eigenvalue weighted by Crippen LogP contribution is -2.34. The number of hydrogen-bond donors (Lipinski definition) is 1. The van der Waals surface area contributed by atoms with Crippen molar-refractivity contribution >= 4 is 5.97 Å². The van der Waals surface area contributed by atoms with Gasteiger partial charge in [-0.05, 0) is 24.8 Å². The number of rotatable bonds is 3. The highest BCUT2D eigenvalue weighted by molar-refractivity contribution is 5.84. The molecule has 5 nitrogen and oxygen atoms in total. The van der Waals surface area contributed by atoms with Gasteiger partial charge in [-0.25, -0.2) is 9.48 Å². The van der Waals surface area contributed by atoms with E-state index >= 15 is 0 Å². The molecular weight excluding hydrogens is 232 g/mol. The molecule has 1 aromatic rings. The lowest BCUT2D eigenvalue weighted by atomic mass is 9.83. The van der Waals surface area contributed by atoms with Crippen LogP contribution in [0.25, 0.3) is 0 Å². The first-order valence-corrected chi connectivity index (χ1v) is 6.46. The molecule has 98 valence electrons. The minimum absolute atomic E-state index is 0.0514. The van der Waals surface area contributed by atoms with E-state index in [2.05, 4.69) is 12.0 Å². The molecular formula is C13H18N2O3. The molecule has 2 atom stereocenters. The Morgan fingerprint density at radius 1 is 1.44 bits per heavy atom. The van der Waals surface area contributed by atoms with Gasteiger partial charge < -0.3 is 5.11 Å². The summed E-state index contributed by atoms with van der Waals surface area (Å²) in [5, 5.41) is 12.9. The molecule has 0 spiro atoms. The molecule has 1 N–H and O–H groups in total. The summed E-state index contributed by atoms with van der Waals surface area (Å²) in [4.78, 5) is 22.8. The van der Waals surface area contributed by atoms with Crippen molar-refractivity contribution in [3.63, 3.8) is 0 Å². The number of carboxylic acids is 1. The van der Waals surface area contributed by atoms with Crippen LogP contribution in [0.1, 0.15) is 55.6 Å². The van der Waals surface area contributed by atoms with Crippen molar-refractivity contribution in [1.82, 2.24) is 9.78 Å². The van der Waals surface area contributed by atoms with Gasteiger partial charge in [0.1, 0.15) is 0 Å². The molecule has 0 radical (unpaired) electrons. The minimum atomic E-state index is -1.09. The van der Waals surface area contributed by atoms with E-state index in [4.69, 9.17) is 5.11 Å². The zero-order valence-electron chi connectivity index (χ0n) is 10.5. The number of hydrogen-bond acceptors (Lipinski definition) is 3. The van der Waals surface area contributed by atoms with Gasteiger partial charge in [0, 0.05) is 6.07 Å². The molecule has 0 amide bonds. The van der Waals surface area contributed by atoms with Gasteiger partial charge in [0.25, 0.3) is 5.56 Å². The van der Waals surface area contributed by atoms with Gasteiger partial charge in [-0.3, -0.25) is 4.79 Å². The zero-order chi connectivity index (χ0) is 13.1. The van der Waals surface area contributed by atoms with Crippen LogP contribution in [0.15, 0.2) is 16.9 Å². The second kappa shape index (κ2) is 5.33. The average molecular weight is 250 g/mol. The molecule has 1 saturated carbocycles. The molecule has 0 saturated heterocycles. The van der Waals surface area contributed by atoms with E-state index in [1.54, 1.807) is 0 Å². The van der Waals surface area contributed by atoms with Gasteiger partial charge >= 0.3 is 5.97 Å². The van der Waals surface area contributed by atoms with Gasteiger partial charge in [0.05, 0.1) is 6.04 Å². The minimum Gasteiger partial charge on any atom is -0.476 e. The van der Waals surface area contributed by atoms with Gasteiger partial charge in [-0.2, -0.15) is 5.10 Å². The van der Waals surface area contributed by atoms with E-state index in [1.807, 2.05) is 0 Å². The first-order chi connectivity index (χ1) is 8.63. The van der Waals surface area contributed by atoms with Crippen LogP contribution in [-0.4, -0.2) is 20.9 Å². The Labute approximate surface area is 105 Å². The third-order valence-corrected chi connectivity index (χ3v) is 3.75. The van der Waals surface area contributed by atoms with E-state index in [-0.39, 0.29) is 17.3 Å². The third-order valence-electron chi connectivity index (χ3n) is 3.75. The van der Waals surface area contributed by atoms with Crippen molar-refractivity contribution < 1.29 is 9.90 Å². The SMILES string of the molecule is CCC1CCCCC1n1nc(C(=O)O)ccc1=O. The highest BCUT2D eigenvalue weighted by atomic mass is 16.4. The van der Waals surface area contributed by atoms with Gasteiger partial charge in [-0.15, -0.1) is 0 Å². The summed E-state index contributed by atoms with van der Waals surface area (Å²) >= 11 is 0. The highest BCUT2D eigenvalue weighted by Gasteiger charge is 2.27. The maximum atomic E-state index is 11.9. The summed E-state index contributed by atoms with van der Waals surface area (Å²) in [5.41, 5.74) is -0.264. The Morgan fingerprint density at radius 3 is 2.83 bits per heavy atom. The Hall–Kier alpha value is -1.65. The fraction of sp³-hybridized carbons (Fsp3) is 0.615.